The summed E-state index contributed by atoms with van der Waals surface area (Å²) in [7, 11) is 0. The van der Waals surface area contributed by atoms with E-state index in [-0.39, 0.29) is 17.0 Å². The van der Waals surface area contributed by atoms with Gasteiger partial charge < -0.3 is 0 Å². The standard InChI is InChI=1S/C16H16FNOS2/c1-16(2)7-11-15(12(19)8-16)21-14(18-11)9-20-13-6-4-3-5-10(13)17/h3-6H,7-9H2,1-2H3. The van der Waals surface area contributed by atoms with Gasteiger partial charge in [0, 0.05) is 11.3 Å². The number of thioether (sulfide) groups is 1. The van der Waals surface area contributed by atoms with Gasteiger partial charge in [-0.05, 0) is 24.0 Å². The fraction of sp³-hybridized carbons (Fsp3) is 0.375. The monoisotopic (exact) mass is 321 g/mol. The topological polar surface area (TPSA) is 30.0 Å². The number of hydrogen-bond donors (Lipinski definition) is 0. The molecule has 1 heterocycles. The lowest BCUT2D eigenvalue weighted by molar-refractivity contribution is 0.0916. The van der Waals surface area contributed by atoms with Crippen LogP contribution in [0.3, 0.4) is 0 Å². The molecule has 0 unspecified atom stereocenters. The second-order valence-corrected chi connectivity index (χ2v) is 8.14. The molecule has 2 nitrogen and oxygen atoms in total. The minimum Gasteiger partial charge on any atom is -0.293 e. The molecule has 0 saturated carbocycles. The molecule has 0 saturated heterocycles. The van der Waals surface area contributed by atoms with Gasteiger partial charge in [-0.25, -0.2) is 9.37 Å². The lowest BCUT2D eigenvalue weighted by atomic mass is 9.78. The van der Waals surface area contributed by atoms with Crippen LogP contribution in [0.2, 0.25) is 0 Å². The molecular formula is C16H16FNOS2. The van der Waals surface area contributed by atoms with Gasteiger partial charge in [0.15, 0.2) is 5.78 Å². The maximum atomic E-state index is 13.6. The van der Waals surface area contributed by atoms with Crippen LogP contribution in [0, 0.1) is 11.2 Å². The number of fused-ring (bicyclic) bond motifs is 1. The molecule has 0 spiro atoms. The van der Waals surface area contributed by atoms with Crippen molar-refractivity contribution in [1.82, 2.24) is 4.98 Å². The SMILES string of the molecule is CC1(C)CC(=O)c2sc(CSc3ccccc3F)nc2C1. The number of nitrogens with zero attached hydrogens (tertiary/aromatic N) is 1. The predicted octanol–water partition coefficient (Wildman–Crippen LogP) is 4.73. The third-order valence-electron chi connectivity index (χ3n) is 3.47. The van der Waals surface area contributed by atoms with Gasteiger partial charge >= 0.3 is 0 Å². The van der Waals surface area contributed by atoms with Gasteiger partial charge in [0.1, 0.15) is 10.8 Å². The van der Waals surface area contributed by atoms with E-state index >= 15 is 0 Å². The molecule has 3 rings (SSSR count). The quantitative estimate of drug-likeness (QED) is 0.766. The van der Waals surface area contributed by atoms with Crippen molar-refractivity contribution in [3.63, 3.8) is 0 Å². The Morgan fingerprint density at radius 1 is 1.33 bits per heavy atom. The predicted molar refractivity (Wildman–Crippen MR) is 84.5 cm³/mol. The Bertz CT molecular complexity index is 693. The number of Topliss-reactive ketones (excluding diaryl/α,β-unsaturated/α-hetero) is 1. The maximum Gasteiger partial charge on any atom is 0.175 e. The molecule has 0 aliphatic heterocycles. The largest absolute Gasteiger partial charge is 0.293 e. The van der Waals surface area contributed by atoms with Crippen LogP contribution in [-0.2, 0) is 12.2 Å². The van der Waals surface area contributed by atoms with E-state index in [1.54, 1.807) is 12.1 Å². The summed E-state index contributed by atoms with van der Waals surface area (Å²) in [5, 5.41) is 0.902. The first-order valence-electron chi connectivity index (χ1n) is 6.84. The van der Waals surface area contributed by atoms with Crippen LogP contribution >= 0.6 is 23.1 Å². The number of benzene rings is 1. The number of aromatic nitrogens is 1. The molecule has 1 aliphatic carbocycles. The van der Waals surface area contributed by atoms with Crippen molar-refractivity contribution in [3.8, 4) is 0 Å². The van der Waals surface area contributed by atoms with E-state index < -0.39 is 0 Å². The fourth-order valence-corrected chi connectivity index (χ4v) is 4.48. The molecule has 0 radical (unpaired) electrons. The Kier molecular flexibility index (Phi) is 3.88. The molecule has 0 atom stereocenters. The summed E-state index contributed by atoms with van der Waals surface area (Å²) >= 11 is 2.89. The van der Waals surface area contributed by atoms with Crippen LogP contribution in [0.25, 0.3) is 0 Å². The lowest BCUT2D eigenvalue weighted by Crippen LogP contribution is -2.25. The van der Waals surface area contributed by atoms with Crippen LogP contribution in [0.4, 0.5) is 4.39 Å². The zero-order valence-electron chi connectivity index (χ0n) is 12.0. The van der Waals surface area contributed by atoms with Crippen molar-refractivity contribution in [3.05, 3.63) is 45.7 Å². The van der Waals surface area contributed by atoms with Crippen molar-refractivity contribution in [2.75, 3.05) is 0 Å². The highest BCUT2D eigenvalue weighted by molar-refractivity contribution is 7.98. The highest BCUT2D eigenvalue weighted by atomic mass is 32.2. The van der Waals surface area contributed by atoms with E-state index in [9.17, 15) is 9.18 Å². The average Bonchev–Trinajstić information content (AvgIpc) is 2.79. The maximum absolute atomic E-state index is 13.6. The first-order valence-corrected chi connectivity index (χ1v) is 8.64. The summed E-state index contributed by atoms with van der Waals surface area (Å²) in [6.45, 7) is 4.20. The molecule has 1 aromatic heterocycles. The molecule has 0 bridgehead atoms. The van der Waals surface area contributed by atoms with E-state index in [1.165, 1.54) is 29.2 Å². The van der Waals surface area contributed by atoms with E-state index in [2.05, 4.69) is 18.8 Å². The molecule has 0 N–H and O–H groups in total. The number of hydrogen-bond acceptors (Lipinski definition) is 4. The molecule has 110 valence electrons. The molecule has 0 fully saturated rings. The Balaban J connectivity index is 1.77. The van der Waals surface area contributed by atoms with Gasteiger partial charge in [-0.3, -0.25) is 4.79 Å². The minimum absolute atomic E-state index is 0.00585. The number of carbonyl (C=O) groups excluding carboxylic acids is 1. The number of ketones is 1. The van der Waals surface area contributed by atoms with E-state index in [0.717, 1.165) is 22.0 Å². The summed E-state index contributed by atoms with van der Waals surface area (Å²) in [4.78, 5) is 18.2. The average molecular weight is 321 g/mol. The normalized spacial score (nSPS) is 16.8. The highest BCUT2D eigenvalue weighted by Crippen LogP contribution is 2.38. The van der Waals surface area contributed by atoms with Gasteiger partial charge in [-0.15, -0.1) is 23.1 Å². The Morgan fingerprint density at radius 3 is 2.86 bits per heavy atom. The zero-order valence-corrected chi connectivity index (χ0v) is 13.6. The molecule has 1 aliphatic rings. The second-order valence-electron chi connectivity index (χ2n) is 6.04. The molecule has 1 aromatic carbocycles. The van der Waals surface area contributed by atoms with E-state index in [4.69, 9.17) is 0 Å². The summed E-state index contributed by atoms with van der Waals surface area (Å²) < 4.78 is 13.6. The smallest absolute Gasteiger partial charge is 0.175 e. The lowest BCUT2D eigenvalue weighted by Gasteiger charge is -2.26. The van der Waals surface area contributed by atoms with Gasteiger partial charge in [0.25, 0.3) is 0 Å². The highest BCUT2D eigenvalue weighted by Gasteiger charge is 2.33. The third-order valence-corrected chi connectivity index (χ3v) is 5.85. The van der Waals surface area contributed by atoms with Crippen LogP contribution in [-0.4, -0.2) is 10.8 Å². The summed E-state index contributed by atoms with van der Waals surface area (Å²) in [5.41, 5.74) is 0.916. The minimum atomic E-state index is -0.207. The first-order chi connectivity index (χ1) is 9.94. The Morgan fingerprint density at radius 2 is 2.10 bits per heavy atom. The van der Waals surface area contributed by atoms with Gasteiger partial charge in [0.2, 0.25) is 0 Å². The number of thiazole rings is 1. The van der Waals surface area contributed by atoms with Crippen LogP contribution in [0.15, 0.2) is 29.2 Å². The van der Waals surface area contributed by atoms with E-state index in [0.29, 0.717) is 17.1 Å². The molecule has 21 heavy (non-hydrogen) atoms. The summed E-state index contributed by atoms with van der Waals surface area (Å²) in [6, 6.07) is 6.73. The summed E-state index contributed by atoms with van der Waals surface area (Å²) in [5.74, 6) is 0.591. The van der Waals surface area contributed by atoms with Crippen molar-refractivity contribution in [2.45, 2.75) is 37.3 Å². The zero-order chi connectivity index (χ0) is 15.0. The Labute approximate surface area is 131 Å². The van der Waals surface area contributed by atoms with E-state index in [1.807, 2.05) is 6.07 Å². The fourth-order valence-electron chi connectivity index (χ4n) is 2.53. The Hall–Kier alpha value is -1.20. The van der Waals surface area contributed by atoms with Crippen molar-refractivity contribution in [1.29, 1.82) is 0 Å². The van der Waals surface area contributed by atoms with Crippen LogP contribution < -0.4 is 0 Å². The van der Waals surface area contributed by atoms with Crippen LogP contribution in [0.5, 0.6) is 0 Å². The molecule has 5 heteroatoms. The molecular weight excluding hydrogens is 305 g/mol. The molecule has 2 aromatic rings. The first kappa shape index (κ1) is 14.7. The van der Waals surface area contributed by atoms with Gasteiger partial charge in [0.05, 0.1) is 16.3 Å². The van der Waals surface area contributed by atoms with Crippen molar-refractivity contribution in [2.24, 2.45) is 5.41 Å². The second kappa shape index (κ2) is 5.54. The van der Waals surface area contributed by atoms with Crippen molar-refractivity contribution < 1.29 is 9.18 Å². The van der Waals surface area contributed by atoms with Crippen LogP contribution in [0.1, 0.15) is 40.6 Å². The number of rotatable bonds is 3. The third kappa shape index (κ3) is 3.19. The number of halogens is 1. The van der Waals surface area contributed by atoms with Gasteiger partial charge in [-0.1, -0.05) is 26.0 Å². The van der Waals surface area contributed by atoms with Gasteiger partial charge in [-0.2, -0.15) is 0 Å². The summed E-state index contributed by atoms with van der Waals surface area (Å²) in [6.07, 6.45) is 1.43. The number of carbonyl (C=O) groups is 1. The molecule has 0 amide bonds. The van der Waals surface area contributed by atoms with Crippen molar-refractivity contribution >= 4 is 28.9 Å².